The quantitative estimate of drug-likeness (QED) is 0.401. The van der Waals surface area contributed by atoms with Gasteiger partial charge in [0.15, 0.2) is 6.04 Å². The number of fused-ring (bicyclic) bond motifs is 1. The number of aromatic hydroxyl groups is 1. The van der Waals surface area contributed by atoms with E-state index in [0.717, 1.165) is 36.6 Å². The molecule has 2 aromatic heterocycles. The third-order valence-corrected chi connectivity index (χ3v) is 6.24. The Kier molecular flexibility index (Phi) is 4.54. The van der Waals surface area contributed by atoms with Crippen LogP contribution in [0.15, 0.2) is 24.3 Å². The summed E-state index contributed by atoms with van der Waals surface area (Å²) in [4.78, 5) is 19.3. The highest BCUT2D eigenvalue weighted by Gasteiger charge is 2.35. The largest absolute Gasteiger partial charge is 0.492 e. The molecule has 0 spiro atoms. The highest BCUT2D eigenvalue weighted by molar-refractivity contribution is 7.17. The molecule has 3 heterocycles. The van der Waals surface area contributed by atoms with Crippen molar-refractivity contribution in [3.8, 4) is 5.88 Å². The van der Waals surface area contributed by atoms with E-state index in [4.69, 9.17) is 0 Å². The maximum atomic E-state index is 11.0. The van der Waals surface area contributed by atoms with Crippen molar-refractivity contribution in [1.82, 2.24) is 14.6 Å². The predicted molar refractivity (Wildman–Crippen MR) is 99.5 cm³/mol. The number of likely N-dealkylation sites (N-methyl/N-ethyl adjacent to an activating group) is 1. The number of piperazine rings is 1. The van der Waals surface area contributed by atoms with E-state index in [2.05, 4.69) is 17.1 Å². The van der Waals surface area contributed by atoms with Gasteiger partial charge in [-0.05, 0) is 19.1 Å². The van der Waals surface area contributed by atoms with E-state index in [1.165, 1.54) is 37.8 Å². The average molecular weight is 390 g/mol. The number of aryl methyl sites for hydroxylation is 1. The van der Waals surface area contributed by atoms with E-state index < -0.39 is 4.92 Å². The molecule has 0 radical (unpaired) electrons. The van der Waals surface area contributed by atoms with Gasteiger partial charge in [-0.15, -0.1) is 5.10 Å². The maximum Gasteiger partial charge on any atom is 0.269 e. The molecule has 0 bridgehead atoms. The molecule has 1 aliphatic heterocycles. The number of rotatable bonds is 4. The third-order valence-electron chi connectivity index (χ3n) is 5.16. The molecule has 1 saturated heterocycles. The molecule has 1 aliphatic rings. The van der Waals surface area contributed by atoms with Crippen molar-refractivity contribution in [1.29, 1.82) is 0 Å². The van der Waals surface area contributed by atoms with Gasteiger partial charge in [0.05, 0.1) is 12.0 Å². The van der Waals surface area contributed by atoms with Crippen LogP contribution in [-0.4, -0.2) is 57.9 Å². The van der Waals surface area contributed by atoms with Crippen molar-refractivity contribution in [2.75, 3.05) is 33.2 Å². The molecule has 10 heteroatoms. The Morgan fingerprint density at radius 3 is 2.52 bits per heavy atom. The van der Waals surface area contributed by atoms with Crippen molar-refractivity contribution >= 4 is 22.0 Å². The van der Waals surface area contributed by atoms with Crippen molar-refractivity contribution in [3.05, 3.63) is 50.6 Å². The summed E-state index contributed by atoms with van der Waals surface area (Å²) in [5, 5.41) is 26.1. The number of quaternary nitrogens is 2. The molecular formula is C17H22N6O3S+2. The average Bonchev–Trinajstić information content (AvgIpc) is 3.15. The SMILES string of the molecule is Cc1nc2sc([C@@H](c3ccc([N+](=O)[O-])cc3)[NH+]3CC[NH+](C)CC3)c(O)n2n1. The molecule has 0 amide bonds. The minimum Gasteiger partial charge on any atom is -0.492 e. The summed E-state index contributed by atoms with van der Waals surface area (Å²) in [5.41, 5.74) is 1.02. The molecule has 0 saturated carbocycles. The van der Waals surface area contributed by atoms with E-state index in [-0.39, 0.29) is 17.6 Å². The van der Waals surface area contributed by atoms with Gasteiger partial charge < -0.3 is 14.9 Å². The lowest BCUT2D eigenvalue weighted by Gasteiger charge is -2.33. The third kappa shape index (κ3) is 3.27. The first-order valence-corrected chi connectivity index (χ1v) is 9.71. The van der Waals surface area contributed by atoms with Gasteiger partial charge in [-0.1, -0.05) is 11.3 Å². The fourth-order valence-electron chi connectivity index (χ4n) is 3.68. The summed E-state index contributed by atoms with van der Waals surface area (Å²) < 4.78 is 1.48. The van der Waals surface area contributed by atoms with Gasteiger partial charge in [-0.2, -0.15) is 4.52 Å². The van der Waals surface area contributed by atoms with Crippen LogP contribution in [0.25, 0.3) is 4.96 Å². The highest BCUT2D eigenvalue weighted by Crippen LogP contribution is 2.35. The first-order valence-electron chi connectivity index (χ1n) is 8.89. The van der Waals surface area contributed by atoms with Crippen LogP contribution in [0.2, 0.25) is 0 Å². The molecule has 3 N–H and O–H groups in total. The lowest BCUT2D eigenvalue weighted by molar-refractivity contribution is -1.02. The lowest BCUT2D eigenvalue weighted by Crippen LogP contribution is -3.27. The van der Waals surface area contributed by atoms with Gasteiger partial charge in [0.1, 0.15) is 36.9 Å². The summed E-state index contributed by atoms with van der Waals surface area (Å²) in [6.07, 6.45) is 0. The second-order valence-corrected chi connectivity index (χ2v) is 8.05. The van der Waals surface area contributed by atoms with Crippen LogP contribution in [0.5, 0.6) is 5.88 Å². The van der Waals surface area contributed by atoms with Gasteiger partial charge in [-0.25, -0.2) is 4.98 Å². The molecular weight excluding hydrogens is 368 g/mol. The number of nitrogens with one attached hydrogen (secondary N) is 2. The Balaban J connectivity index is 1.78. The van der Waals surface area contributed by atoms with Gasteiger partial charge in [0.25, 0.3) is 5.69 Å². The van der Waals surface area contributed by atoms with Crippen LogP contribution in [0.3, 0.4) is 0 Å². The molecule has 9 nitrogen and oxygen atoms in total. The first kappa shape index (κ1) is 17.8. The lowest BCUT2D eigenvalue weighted by atomic mass is 10.0. The Morgan fingerprint density at radius 2 is 1.93 bits per heavy atom. The van der Waals surface area contributed by atoms with E-state index in [0.29, 0.717) is 10.8 Å². The van der Waals surface area contributed by atoms with Crippen LogP contribution in [-0.2, 0) is 0 Å². The van der Waals surface area contributed by atoms with Crippen molar-refractivity contribution in [2.45, 2.75) is 13.0 Å². The van der Waals surface area contributed by atoms with E-state index >= 15 is 0 Å². The van der Waals surface area contributed by atoms with Crippen molar-refractivity contribution < 1.29 is 19.8 Å². The fraction of sp³-hybridized carbons (Fsp3) is 0.412. The summed E-state index contributed by atoms with van der Waals surface area (Å²) >= 11 is 1.43. The molecule has 0 unspecified atom stereocenters. The molecule has 27 heavy (non-hydrogen) atoms. The zero-order chi connectivity index (χ0) is 19.1. The van der Waals surface area contributed by atoms with Crippen molar-refractivity contribution in [3.63, 3.8) is 0 Å². The number of non-ortho nitro benzene ring substituents is 1. The Bertz CT molecular complexity index is 975. The standard InChI is InChI=1S/C17H20N6O3S/c1-11-18-17-22(19-11)16(24)15(27-17)14(21-9-7-20(2)8-10-21)12-3-5-13(6-4-12)23(25)26/h3-6,14,24H,7-10H2,1-2H3/p+2/t14-/m1/s1. The van der Waals surface area contributed by atoms with Crippen LogP contribution >= 0.6 is 11.3 Å². The van der Waals surface area contributed by atoms with Crippen LogP contribution in [0, 0.1) is 17.0 Å². The minimum absolute atomic E-state index is 0.0674. The Hall–Kier alpha value is -2.56. The molecule has 1 aromatic carbocycles. The van der Waals surface area contributed by atoms with Crippen LogP contribution < -0.4 is 9.80 Å². The number of nitro benzene ring substituents is 1. The second kappa shape index (κ2) is 6.87. The molecule has 142 valence electrons. The Labute approximate surface area is 159 Å². The summed E-state index contributed by atoms with van der Waals surface area (Å²) in [5.74, 6) is 0.725. The maximum absolute atomic E-state index is 11.0. The number of nitrogens with zero attached hydrogens (tertiary/aromatic N) is 4. The normalized spacial score (nSPS) is 21.4. The molecule has 1 fully saturated rings. The number of benzene rings is 1. The molecule has 3 aromatic rings. The first-order chi connectivity index (χ1) is 12.9. The Morgan fingerprint density at radius 1 is 1.26 bits per heavy atom. The number of thiazole rings is 1. The minimum atomic E-state index is -0.395. The molecule has 1 atom stereocenters. The second-order valence-electron chi connectivity index (χ2n) is 7.04. The number of hydrogen-bond donors (Lipinski definition) is 3. The monoisotopic (exact) mass is 390 g/mol. The predicted octanol–water partition coefficient (Wildman–Crippen LogP) is -0.784. The van der Waals surface area contributed by atoms with Gasteiger partial charge >= 0.3 is 0 Å². The van der Waals surface area contributed by atoms with E-state index in [9.17, 15) is 15.2 Å². The van der Waals surface area contributed by atoms with E-state index in [1.807, 2.05) is 0 Å². The van der Waals surface area contributed by atoms with Crippen LogP contribution in [0.4, 0.5) is 5.69 Å². The van der Waals surface area contributed by atoms with Gasteiger partial charge in [0, 0.05) is 17.7 Å². The summed E-state index contributed by atoms with van der Waals surface area (Å²) in [7, 11) is 2.18. The summed E-state index contributed by atoms with van der Waals surface area (Å²) in [6, 6.07) is 6.54. The zero-order valence-electron chi connectivity index (χ0n) is 15.2. The van der Waals surface area contributed by atoms with Crippen molar-refractivity contribution in [2.24, 2.45) is 0 Å². The highest BCUT2D eigenvalue weighted by atomic mass is 32.1. The van der Waals surface area contributed by atoms with Gasteiger partial charge in [-0.3, -0.25) is 10.1 Å². The fourth-order valence-corrected chi connectivity index (χ4v) is 4.87. The van der Waals surface area contributed by atoms with Gasteiger partial charge in [0.2, 0.25) is 10.8 Å². The topological polar surface area (TPSA) is 102 Å². The van der Waals surface area contributed by atoms with E-state index in [1.54, 1.807) is 19.1 Å². The summed E-state index contributed by atoms with van der Waals surface area (Å²) in [6.45, 7) is 5.79. The number of hydrogen-bond acceptors (Lipinski definition) is 6. The van der Waals surface area contributed by atoms with Crippen LogP contribution in [0.1, 0.15) is 22.3 Å². The zero-order valence-corrected chi connectivity index (χ0v) is 16.0. The number of aromatic nitrogens is 3. The molecule has 4 rings (SSSR count). The smallest absolute Gasteiger partial charge is 0.269 e. The number of nitro groups is 1. The molecule has 0 aliphatic carbocycles.